The van der Waals surface area contributed by atoms with E-state index in [2.05, 4.69) is 19.9 Å². The fourth-order valence-corrected chi connectivity index (χ4v) is 2.24. The predicted octanol–water partition coefficient (Wildman–Crippen LogP) is 2.63. The summed E-state index contributed by atoms with van der Waals surface area (Å²) in [6.45, 7) is 6.98. The molecular weight excluding hydrogens is 226 g/mol. The van der Waals surface area contributed by atoms with Gasteiger partial charge in [0.05, 0.1) is 13.2 Å². The number of ether oxygens (including phenoxy) is 2. The van der Waals surface area contributed by atoms with Crippen LogP contribution in [0.5, 0.6) is 5.75 Å². The van der Waals surface area contributed by atoms with Gasteiger partial charge in [0.1, 0.15) is 5.75 Å². The first-order valence-electron chi connectivity index (χ1n) is 6.59. The fourth-order valence-electron chi connectivity index (χ4n) is 2.24. The predicted molar refractivity (Wildman–Crippen MR) is 74.9 cm³/mol. The van der Waals surface area contributed by atoms with Crippen molar-refractivity contribution in [3.8, 4) is 5.75 Å². The van der Waals surface area contributed by atoms with E-state index in [4.69, 9.17) is 15.2 Å². The van der Waals surface area contributed by atoms with Crippen LogP contribution in [-0.2, 0) is 11.2 Å². The van der Waals surface area contributed by atoms with Crippen LogP contribution in [0.1, 0.15) is 26.3 Å². The van der Waals surface area contributed by atoms with Crippen molar-refractivity contribution in [3.05, 3.63) is 29.8 Å². The van der Waals surface area contributed by atoms with E-state index in [0.29, 0.717) is 12.5 Å². The van der Waals surface area contributed by atoms with Gasteiger partial charge in [0.2, 0.25) is 0 Å². The van der Waals surface area contributed by atoms with Crippen LogP contribution in [0.2, 0.25) is 0 Å². The second-order valence-electron chi connectivity index (χ2n) is 4.84. The summed E-state index contributed by atoms with van der Waals surface area (Å²) in [5.74, 6) is 1.31. The number of hydrogen-bond donors (Lipinski definition) is 1. The van der Waals surface area contributed by atoms with E-state index in [1.54, 1.807) is 7.11 Å². The molecule has 2 N–H and O–H groups in total. The lowest BCUT2D eigenvalue weighted by Gasteiger charge is -2.27. The van der Waals surface area contributed by atoms with E-state index in [9.17, 15) is 0 Å². The Morgan fingerprint density at radius 3 is 2.44 bits per heavy atom. The van der Waals surface area contributed by atoms with Crippen molar-refractivity contribution in [2.24, 2.45) is 11.7 Å². The van der Waals surface area contributed by atoms with Crippen molar-refractivity contribution in [2.75, 3.05) is 13.7 Å². The van der Waals surface area contributed by atoms with E-state index >= 15 is 0 Å². The zero-order chi connectivity index (χ0) is 13.5. The molecule has 0 aliphatic rings. The number of rotatable bonds is 7. The van der Waals surface area contributed by atoms with Crippen molar-refractivity contribution in [2.45, 2.75) is 39.3 Å². The van der Waals surface area contributed by atoms with Gasteiger partial charge in [-0.2, -0.15) is 0 Å². The van der Waals surface area contributed by atoms with Gasteiger partial charge in [-0.1, -0.05) is 32.0 Å². The van der Waals surface area contributed by atoms with Crippen molar-refractivity contribution >= 4 is 0 Å². The number of methoxy groups -OCH3 is 1. The minimum Gasteiger partial charge on any atom is -0.496 e. The first kappa shape index (κ1) is 15.0. The number of nitrogens with two attached hydrogens (primary N) is 1. The Morgan fingerprint density at radius 1 is 1.22 bits per heavy atom. The summed E-state index contributed by atoms with van der Waals surface area (Å²) in [6.07, 6.45) is 0.854. The molecule has 0 saturated heterocycles. The Balaban J connectivity index is 2.75. The van der Waals surface area contributed by atoms with Gasteiger partial charge in [0.25, 0.3) is 0 Å². The van der Waals surface area contributed by atoms with E-state index in [0.717, 1.165) is 17.7 Å². The van der Waals surface area contributed by atoms with E-state index in [-0.39, 0.29) is 12.1 Å². The summed E-state index contributed by atoms with van der Waals surface area (Å²) in [5, 5.41) is 0. The molecule has 18 heavy (non-hydrogen) atoms. The molecule has 102 valence electrons. The smallest absolute Gasteiger partial charge is 0.122 e. The van der Waals surface area contributed by atoms with Crippen LogP contribution >= 0.6 is 0 Å². The molecule has 1 aromatic rings. The molecule has 3 nitrogen and oxygen atoms in total. The summed E-state index contributed by atoms with van der Waals surface area (Å²) in [6, 6.07) is 7.99. The normalized spacial score (nSPS) is 14.6. The molecule has 0 spiro atoms. The van der Waals surface area contributed by atoms with Gasteiger partial charge in [-0.15, -0.1) is 0 Å². The standard InChI is InChI=1S/C15H25NO2/c1-5-18-15(11(2)3)13(16)10-12-8-6-7-9-14(12)17-4/h6-9,11,13,15H,5,10,16H2,1-4H3. The Kier molecular flexibility index (Phi) is 6.16. The number of benzene rings is 1. The maximum Gasteiger partial charge on any atom is 0.122 e. The molecule has 0 radical (unpaired) electrons. The van der Waals surface area contributed by atoms with Gasteiger partial charge in [-0.25, -0.2) is 0 Å². The van der Waals surface area contributed by atoms with Crippen LogP contribution in [0.25, 0.3) is 0 Å². The van der Waals surface area contributed by atoms with Crippen LogP contribution in [0.4, 0.5) is 0 Å². The molecule has 0 heterocycles. The zero-order valence-electron chi connectivity index (χ0n) is 11.8. The Hall–Kier alpha value is -1.06. The van der Waals surface area contributed by atoms with Gasteiger partial charge in [-0.3, -0.25) is 0 Å². The zero-order valence-corrected chi connectivity index (χ0v) is 11.8. The molecule has 0 aliphatic carbocycles. The van der Waals surface area contributed by atoms with Crippen LogP contribution in [0.3, 0.4) is 0 Å². The highest BCUT2D eigenvalue weighted by atomic mass is 16.5. The van der Waals surface area contributed by atoms with Gasteiger partial charge in [0.15, 0.2) is 0 Å². The lowest BCUT2D eigenvalue weighted by atomic mass is 9.94. The molecule has 1 aromatic carbocycles. The average Bonchev–Trinajstić information content (AvgIpc) is 2.36. The van der Waals surface area contributed by atoms with Gasteiger partial charge in [0, 0.05) is 12.6 Å². The largest absolute Gasteiger partial charge is 0.496 e. The molecule has 3 heteroatoms. The number of para-hydroxylation sites is 1. The molecule has 2 atom stereocenters. The first-order chi connectivity index (χ1) is 8.60. The second-order valence-corrected chi connectivity index (χ2v) is 4.84. The maximum absolute atomic E-state index is 6.28. The van der Waals surface area contributed by atoms with Crippen molar-refractivity contribution in [1.29, 1.82) is 0 Å². The Morgan fingerprint density at radius 2 is 1.89 bits per heavy atom. The molecule has 0 aromatic heterocycles. The van der Waals surface area contributed by atoms with Crippen molar-refractivity contribution < 1.29 is 9.47 Å². The third-order valence-electron chi connectivity index (χ3n) is 3.09. The van der Waals surface area contributed by atoms with Crippen LogP contribution in [0.15, 0.2) is 24.3 Å². The maximum atomic E-state index is 6.28. The molecule has 0 aliphatic heterocycles. The second kappa shape index (κ2) is 7.39. The highest BCUT2D eigenvalue weighted by Crippen LogP contribution is 2.21. The highest BCUT2D eigenvalue weighted by molar-refractivity contribution is 5.33. The minimum atomic E-state index is -0.0127. The molecule has 0 bridgehead atoms. The molecule has 2 unspecified atom stereocenters. The SMILES string of the molecule is CCOC(C(C)C)C(N)Cc1ccccc1OC. The highest BCUT2D eigenvalue weighted by Gasteiger charge is 2.22. The minimum absolute atomic E-state index is 0.0127. The van der Waals surface area contributed by atoms with Gasteiger partial charge >= 0.3 is 0 Å². The average molecular weight is 251 g/mol. The molecule has 0 saturated carbocycles. The first-order valence-corrected chi connectivity index (χ1v) is 6.59. The van der Waals surface area contributed by atoms with Crippen molar-refractivity contribution in [1.82, 2.24) is 0 Å². The number of hydrogen-bond acceptors (Lipinski definition) is 3. The van der Waals surface area contributed by atoms with E-state index < -0.39 is 0 Å². The quantitative estimate of drug-likeness (QED) is 0.810. The Labute approximate surface area is 110 Å². The fraction of sp³-hybridized carbons (Fsp3) is 0.600. The summed E-state index contributed by atoms with van der Waals surface area (Å²) < 4.78 is 11.1. The lowest BCUT2D eigenvalue weighted by molar-refractivity contribution is 0.0127. The Bertz CT molecular complexity index is 352. The summed E-state index contributed by atoms with van der Waals surface area (Å²) in [7, 11) is 1.69. The van der Waals surface area contributed by atoms with Crippen LogP contribution < -0.4 is 10.5 Å². The van der Waals surface area contributed by atoms with E-state index in [1.807, 2.05) is 25.1 Å². The monoisotopic (exact) mass is 251 g/mol. The van der Waals surface area contributed by atoms with E-state index in [1.165, 1.54) is 0 Å². The molecule has 0 amide bonds. The van der Waals surface area contributed by atoms with Gasteiger partial charge in [-0.05, 0) is 30.9 Å². The molecular formula is C15H25NO2. The summed E-state index contributed by atoms with van der Waals surface area (Å²) in [5.41, 5.74) is 7.42. The van der Waals surface area contributed by atoms with Gasteiger partial charge < -0.3 is 15.2 Å². The van der Waals surface area contributed by atoms with Crippen molar-refractivity contribution in [3.63, 3.8) is 0 Å². The third-order valence-corrected chi connectivity index (χ3v) is 3.09. The topological polar surface area (TPSA) is 44.5 Å². The molecule has 0 fully saturated rings. The molecule has 1 rings (SSSR count). The summed E-state index contributed by atoms with van der Waals surface area (Å²) >= 11 is 0. The summed E-state index contributed by atoms with van der Waals surface area (Å²) in [4.78, 5) is 0. The van der Waals surface area contributed by atoms with Crippen LogP contribution in [0, 0.1) is 5.92 Å². The van der Waals surface area contributed by atoms with Crippen LogP contribution in [-0.4, -0.2) is 25.9 Å². The lowest BCUT2D eigenvalue weighted by Crippen LogP contribution is -2.42. The third kappa shape index (κ3) is 4.00.